The molecule has 4 N–H and O–H groups in total. The van der Waals surface area contributed by atoms with Gasteiger partial charge >= 0.3 is 0 Å². The molecular formula is C14H21N3O3. The molecule has 0 atom stereocenters. The molecule has 0 spiro atoms. The molecule has 0 aliphatic carbocycles. The number of carbonyl (C=O) groups excluding carboxylic acids is 2. The van der Waals surface area contributed by atoms with Crippen LogP contribution < -0.4 is 16.2 Å². The summed E-state index contributed by atoms with van der Waals surface area (Å²) in [6.07, 6.45) is 1.71. The molecule has 0 saturated carbocycles. The Bertz CT molecular complexity index is 489. The number of benzene rings is 1. The lowest BCUT2D eigenvalue weighted by Crippen LogP contribution is -2.39. The van der Waals surface area contributed by atoms with Crippen molar-refractivity contribution in [1.82, 2.24) is 4.90 Å². The molecule has 20 heavy (non-hydrogen) atoms. The molecule has 0 fully saturated rings. The highest BCUT2D eigenvalue weighted by Gasteiger charge is 2.20. The number of carbonyl (C=O) groups is 2. The fourth-order valence-corrected chi connectivity index (χ4v) is 1.81. The normalized spacial score (nSPS) is 10.1. The molecule has 0 aliphatic rings. The zero-order valence-electron chi connectivity index (χ0n) is 11.9. The van der Waals surface area contributed by atoms with Crippen molar-refractivity contribution in [3.05, 3.63) is 23.8 Å². The summed E-state index contributed by atoms with van der Waals surface area (Å²) < 4.78 is 5.08. The first-order valence-corrected chi connectivity index (χ1v) is 6.50. The minimum Gasteiger partial charge on any atom is -0.497 e. The second kappa shape index (κ2) is 7.37. The molecule has 0 heterocycles. The van der Waals surface area contributed by atoms with Crippen LogP contribution >= 0.6 is 0 Å². The first-order valence-electron chi connectivity index (χ1n) is 6.50. The summed E-state index contributed by atoms with van der Waals surface area (Å²) in [5.41, 5.74) is 11.7. The number of rotatable bonds is 7. The van der Waals surface area contributed by atoms with E-state index in [0.29, 0.717) is 23.5 Å². The van der Waals surface area contributed by atoms with Crippen LogP contribution in [0.2, 0.25) is 0 Å². The SMILES string of the molecule is CCCCN(CC(N)=O)C(=O)c1cc(OC)ccc1N. The molecule has 0 saturated heterocycles. The van der Waals surface area contributed by atoms with Gasteiger partial charge in [0, 0.05) is 12.2 Å². The summed E-state index contributed by atoms with van der Waals surface area (Å²) in [6.45, 7) is 2.36. The van der Waals surface area contributed by atoms with Gasteiger partial charge in [0.05, 0.1) is 19.2 Å². The van der Waals surface area contributed by atoms with Crippen LogP contribution in [0, 0.1) is 0 Å². The minimum atomic E-state index is -0.545. The maximum atomic E-state index is 12.5. The van der Waals surface area contributed by atoms with Crippen LogP contribution in [0.3, 0.4) is 0 Å². The smallest absolute Gasteiger partial charge is 0.256 e. The highest BCUT2D eigenvalue weighted by Crippen LogP contribution is 2.21. The van der Waals surface area contributed by atoms with E-state index >= 15 is 0 Å². The van der Waals surface area contributed by atoms with E-state index in [0.717, 1.165) is 12.8 Å². The van der Waals surface area contributed by atoms with Gasteiger partial charge in [-0.1, -0.05) is 13.3 Å². The fourth-order valence-electron chi connectivity index (χ4n) is 1.81. The van der Waals surface area contributed by atoms with Gasteiger partial charge in [0.1, 0.15) is 5.75 Å². The zero-order chi connectivity index (χ0) is 15.1. The van der Waals surface area contributed by atoms with E-state index in [1.807, 2.05) is 6.92 Å². The molecule has 110 valence electrons. The van der Waals surface area contributed by atoms with Crippen molar-refractivity contribution in [2.45, 2.75) is 19.8 Å². The van der Waals surface area contributed by atoms with Crippen LogP contribution in [0.5, 0.6) is 5.75 Å². The predicted octanol–water partition coefficient (Wildman–Crippen LogP) is 1.00. The third-order valence-electron chi connectivity index (χ3n) is 2.91. The molecule has 0 bridgehead atoms. The minimum absolute atomic E-state index is 0.116. The standard InChI is InChI=1S/C14H21N3O3/c1-3-4-7-17(9-13(16)18)14(19)11-8-10(20-2)5-6-12(11)15/h5-6,8H,3-4,7,9,15H2,1-2H3,(H2,16,18). The molecule has 0 unspecified atom stereocenters. The predicted molar refractivity (Wildman–Crippen MR) is 77.4 cm³/mol. The van der Waals surface area contributed by atoms with Gasteiger partial charge in [-0.2, -0.15) is 0 Å². The number of primary amides is 1. The van der Waals surface area contributed by atoms with Gasteiger partial charge in [-0.3, -0.25) is 9.59 Å². The summed E-state index contributed by atoms with van der Waals surface area (Å²) >= 11 is 0. The molecule has 0 aliphatic heterocycles. The summed E-state index contributed by atoms with van der Waals surface area (Å²) in [6, 6.07) is 4.85. The quantitative estimate of drug-likeness (QED) is 0.727. The maximum absolute atomic E-state index is 12.5. The van der Waals surface area contributed by atoms with Crippen molar-refractivity contribution in [1.29, 1.82) is 0 Å². The summed E-state index contributed by atoms with van der Waals surface area (Å²) in [5, 5.41) is 0. The fraction of sp³-hybridized carbons (Fsp3) is 0.429. The summed E-state index contributed by atoms with van der Waals surface area (Å²) in [4.78, 5) is 25.0. The second-order valence-corrected chi connectivity index (χ2v) is 4.50. The Morgan fingerprint density at radius 2 is 2.05 bits per heavy atom. The Kier molecular flexibility index (Phi) is 5.83. The van der Waals surface area contributed by atoms with Crippen molar-refractivity contribution in [3.8, 4) is 5.75 Å². The Morgan fingerprint density at radius 3 is 2.60 bits per heavy atom. The number of ether oxygens (including phenoxy) is 1. The number of methoxy groups -OCH3 is 1. The number of nitrogens with zero attached hydrogens (tertiary/aromatic N) is 1. The molecule has 1 aromatic carbocycles. The topological polar surface area (TPSA) is 98.6 Å². The Labute approximate surface area is 118 Å². The molecular weight excluding hydrogens is 258 g/mol. The maximum Gasteiger partial charge on any atom is 0.256 e. The number of nitrogens with two attached hydrogens (primary N) is 2. The highest BCUT2D eigenvalue weighted by molar-refractivity contribution is 6.01. The number of amides is 2. The lowest BCUT2D eigenvalue weighted by atomic mass is 10.1. The van der Waals surface area contributed by atoms with Crippen molar-refractivity contribution >= 4 is 17.5 Å². The molecule has 1 rings (SSSR count). The third-order valence-corrected chi connectivity index (χ3v) is 2.91. The summed E-state index contributed by atoms with van der Waals surface area (Å²) in [7, 11) is 1.51. The van der Waals surface area contributed by atoms with E-state index in [2.05, 4.69) is 0 Å². The number of anilines is 1. The van der Waals surface area contributed by atoms with Gasteiger partial charge in [-0.25, -0.2) is 0 Å². The van der Waals surface area contributed by atoms with Gasteiger partial charge in [0.2, 0.25) is 5.91 Å². The molecule has 6 nitrogen and oxygen atoms in total. The number of hydrogen-bond acceptors (Lipinski definition) is 4. The van der Waals surface area contributed by atoms with E-state index in [1.54, 1.807) is 18.2 Å². The molecule has 1 aromatic rings. The first kappa shape index (κ1) is 15.8. The van der Waals surface area contributed by atoms with Crippen LogP contribution in [0.4, 0.5) is 5.69 Å². The van der Waals surface area contributed by atoms with E-state index in [1.165, 1.54) is 12.0 Å². The van der Waals surface area contributed by atoms with Gasteiger partial charge in [0.25, 0.3) is 5.91 Å². The van der Waals surface area contributed by atoms with E-state index in [4.69, 9.17) is 16.2 Å². The van der Waals surface area contributed by atoms with Gasteiger partial charge < -0.3 is 21.1 Å². The zero-order valence-corrected chi connectivity index (χ0v) is 11.9. The Balaban J connectivity index is 3.00. The van der Waals surface area contributed by atoms with Crippen molar-refractivity contribution < 1.29 is 14.3 Å². The second-order valence-electron chi connectivity index (χ2n) is 4.50. The molecule has 0 aromatic heterocycles. The van der Waals surface area contributed by atoms with Crippen LogP contribution in [0.25, 0.3) is 0 Å². The average Bonchev–Trinajstić information content (AvgIpc) is 2.43. The van der Waals surface area contributed by atoms with Crippen LogP contribution in [-0.2, 0) is 4.79 Å². The van der Waals surface area contributed by atoms with Crippen molar-refractivity contribution in [2.75, 3.05) is 25.9 Å². The van der Waals surface area contributed by atoms with E-state index in [9.17, 15) is 9.59 Å². The van der Waals surface area contributed by atoms with Gasteiger partial charge in [-0.05, 0) is 24.6 Å². The number of hydrogen-bond donors (Lipinski definition) is 2. The number of unbranched alkanes of at least 4 members (excludes halogenated alkanes) is 1. The van der Waals surface area contributed by atoms with Gasteiger partial charge in [0.15, 0.2) is 0 Å². The van der Waals surface area contributed by atoms with Crippen LogP contribution in [-0.4, -0.2) is 36.9 Å². The third kappa shape index (κ3) is 4.15. The highest BCUT2D eigenvalue weighted by atomic mass is 16.5. The Morgan fingerprint density at radius 1 is 1.35 bits per heavy atom. The van der Waals surface area contributed by atoms with E-state index < -0.39 is 5.91 Å². The van der Waals surface area contributed by atoms with Crippen molar-refractivity contribution in [3.63, 3.8) is 0 Å². The van der Waals surface area contributed by atoms with Gasteiger partial charge in [-0.15, -0.1) is 0 Å². The Hall–Kier alpha value is -2.24. The molecule has 6 heteroatoms. The molecule has 2 amide bonds. The lowest BCUT2D eigenvalue weighted by molar-refractivity contribution is -0.118. The van der Waals surface area contributed by atoms with Crippen LogP contribution in [0.15, 0.2) is 18.2 Å². The van der Waals surface area contributed by atoms with E-state index in [-0.39, 0.29) is 12.5 Å². The first-order chi connectivity index (χ1) is 9.49. The monoisotopic (exact) mass is 279 g/mol. The average molecular weight is 279 g/mol. The number of nitrogen functional groups attached to an aromatic ring is 1. The lowest BCUT2D eigenvalue weighted by Gasteiger charge is -2.22. The van der Waals surface area contributed by atoms with Crippen molar-refractivity contribution in [2.24, 2.45) is 5.73 Å². The van der Waals surface area contributed by atoms with Crippen LogP contribution in [0.1, 0.15) is 30.1 Å². The summed E-state index contributed by atoms with van der Waals surface area (Å²) in [5.74, 6) is -0.318. The molecule has 0 radical (unpaired) electrons. The largest absolute Gasteiger partial charge is 0.497 e.